The Morgan fingerprint density at radius 2 is 1.84 bits per heavy atom. The van der Waals surface area contributed by atoms with Crippen molar-refractivity contribution in [3.05, 3.63) is 24.3 Å². The molecule has 3 N–H and O–H groups in total. The van der Waals surface area contributed by atoms with E-state index in [2.05, 4.69) is 15.3 Å². The van der Waals surface area contributed by atoms with Crippen LogP contribution in [0.1, 0.15) is 0 Å². The zero-order chi connectivity index (χ0) is 13.4. The highest BCUT2D eigenvalue weighted by atomic mass is 16.3. The molecule has 1 aromatic carbocycles. The van der Waals surface area contributed by atoms with Crippen LogP contribution in [0.4, 0.5) is 11.8 Å². The van der Waals surface area contributed by atoms with E-state index >= 15 is 0 Å². The van der Waals surface area contributed by atoms with Crippen LogP contribution in [0, 0.1) is 0 Å². The van der Waals surface area contributed by atoms with E-state index in [9.17, 15) is 10.2 Å². The lowest BCUT2D eigenvalue weighted by atomic mass is 10.2. The summed E-state index contributed by atoms with van der Waals surface area (Å²) in [6.07, 6.45) is -1.46. The number of fused-ring (bicyclic) bond motifs is 1. The van der Waals surface area contributed by atoms with Gasteiger partial charge >= 0.3 is 0 Å². The highest BCUT2D eigenvalue weighted by molar-refractivity contribution is 5.90. The summed E-state index contributed by atoms with van der Waals surface area (Å²) in [6, 6.07) is 7.72. The minimum Gasteiger partial charge on any atom is -0.389 e. The number of aliphatic hydroxyl groups is 2. The zero-order valence-corrected chi connectivity index (χ0v) is 10.6. The second-order valence-electron chi connectivity index (χ2n) is 4.68. The summed E-state index contributed by atoms with van der Waals surface area (Å²) < 4.78 is 0. The van der Waals surface area contributed by atoms with Gasteiger partial charge < -0.3 is 20.4 Å². The summed E-state index contributed by atoms with van der Waals surface area (Å²) >= 11 is 0. The Labute approximate surface area is 110 Å². The lowest BCUT2D eigenvalue weighted by Gasteiger charge is -2.19. The maximum absolute atomic E-state index is 9.68. The molecule has 0 spiro atoms. The fraction of sp³-hybridized carbons (Fsp3) is 0.385. The van der Waals surface area contributed by atoms with Gasteiger partial charge in [0.25, 0.3) is 0 Å². The molecule has 2 aromatic rings. The molecule has 2 atom stereocenters. The number of para-hydroxylation sites is 1. The summed E-state index contributed by atoms with van der Waals surface area (Å²) in [6.45, 7) is 0.761. The first-order valence-corrected chi connectivity index (χ1v) is 6.24. The molecule has 0 amide bonds. The minimum atomic E-state index is -0.730. The van der Waals surface area contributed by atoms with Crippen molar-refractivity contribution < 1.29 is 10.2 Å². The average molecular weight is 260 g/mol. The van der Waals surface area contributed by atoms with Crippen LogP contribution in [0.2, 0.25) is 0 Å². The van der Waals surface area contributed by atoms with E-state index in [0.717, 1.165) is 16.7 Å². The molecule has 100 valence electrons. The first-order valence-electron chi connectivity index (χ1n) is 6.24. The van der Waals surface area contributed by atoms with Gasteiger partial charge in [0.1, 0.15) is 5.82 Å². The zero-order valence-electron chi connectivity index (χ0n) is 10.6. The van der Waals surface area contributed by atoms with Gasteiger partial charge in [0, 0.05) is 25.5 Å². The van der Waals surface area contributed by atoms with Gasteiger partial charge in [0.2, 0.25) is 5.95 Å². The Morgan fingerprint density at radius 3 is 2.53 bits per heavy atom. The van der Waals surface area contributed by atoms with Gasteiger partial charge in [0.15, 0.2) is 0 Å². The quantitative estimate of drug-likeness (QED) is 0.716. The number of aliphatic hydroxyl groups excluding tert-OH is 2. The largest absolute Gasteiger partial charge is 0.389 e. The van der Waals surface area contributed by atoms with Crippen LogP contribution in [0.25, 0.3) is 10.9 Å². The molecule has 2 unspecified atom stereocenters. The monoisotopic (exact) mass is 260 g/mol. The molecular weight excluding hydrogens is 244 g/mol. The number of nitrogens with zero attached hydrogens (tertiary/aromatic N) is 3. The summed E-state index contributed by atoms with van der Waals surface area (Å²) in [4.78, 5) is 10.7. The van der Waals surface area contributed by atoms with Crippen LogP contribution < -0.4 is 10.2 Å². The molecule has 2 heterocycles. The Bertz CT molecular complexity index is 594. The van der Waals surface area contributed by atoms with Gasteiger partial charge in [-0.1, -0.05) is 12.1 Å². The smallest absolute Gasteiger partial charge is 0.224 e. The maximum Gasteiger partial charge on any atom is 0.224 e. The SMILES string of the molecule is CNc1nc(N2CC(O)C(O)C2)c2ccccc2n1. The van der Waals surface area contributed by atoms with Crippen molar-refractivity contribution >= 4 is 22.7 Å². The standard InChI is InChI=1S/C13H16N4O2/c1-14-13-15-9-5-3-2-4-8(9)12(16-13)17-6-10(18)11(19)7-17/h2-5,10-11,18-19H,6-7H2,1H3,(H,14,15,16). The summed E-state index contributed by atoms with van der Waals surface area (Å²) in [5.74, 6) is 1.27. The summed E-state index contributed by atoms with van der Waals surface area (Å²) in [7, 11) is 1.77. The van der Waals surface area contributed by atoms with Crippen LogP contribution in [0.3, 0.4) is 0 Å². The van der Waals surface area contributed by atoms with Gasteiger partial charge in [-0.3, -0.25) is 0 Å². The first kappa shape index (κ1) is 12.1. The number of anilines is 2. The van der Waals surface area contributed by atoms with E-state index < -0.39 is 12.2 Å². The van der Waals surface area contributed by atoms with E-state index in [1.54, 1.807) is 7.05 Å². The first-order chi connectivity index (χ1) is 9.19. The minimum absolute atomic E-state index is 0.380. The van der Waals surface area contributed by atoms with Crippen molar-refractivity contribution in [3.8, 4) is 0 Å². The fourth-order valence-corrected chi connectivity index (χ4v) is 2.36. The Morgan fingerprint density at radius 1 is 1.16 bits per heavy atom. The molecule has 1 saturated heterocycles. The van der Waals surface area contributed by atoms with Gasteiger partial charge in [-0.2, -0.15) is 4.98 Å². The molecule has 1 aliphatic rings. The molecule has 3 rings (SSSR count). The third-order valence-electron chi connectivity index (χ3n) is 3.37. The van der Waals surface area contributed by atoms with E-state index in [-0.39, 0.29) is 0 Å². The number of aromatic nitrogens is 2. The average Bonchev–Trinajstić information content (AvgIpc) is 2.77. The number of benzene rings is 1. The number of nitrogens with one attached hydrogen (secondary N) is 1. The molecule has 19 heavy (non-hydrogen) atoms. The van der Waals surface area contributed by atoms with E-state index in [4.69, 9.17) is 0 Å². The van der Waals surface area contributed by atoms with Gasteiger partial charge in [0.05, 0.1) is 17.7 Å². The van der Waals surface area contributed by atoms with Crippen molar-refractivity contribution in [2.24, 2.45) is 0 Å². The lowest BCUT2D eigenvalue weighted by molar-refractivity contribution is 0.0572. The van der Waals surface area contributed by atoms with Gasteiger partial charge in [-0.15, -0.1) is 0 Å². The topological polar surface area (TPSA) is 81.5 Å². The van der Waals surface area contributed by atoms with Crippen molar-refractivity contribution in [2.45, 2.75) is 12.2 Å². The van der Waals surface area contributed by atoms with Crippen LogP contribution in [-0.2, 0) is 0 Å². The van der Waals surface area contributed by atoms with Crippen LogP contribution >= 0.6 is 0 Å². The van der Waals surface area contributed by atoms with Crippen molar-refractivity contribution in [1.82, 2.24) is 9.97 Å². The number of rotatable bonds is 2. The van der Waals surface area contributed by atoms with Crippen LogP contribution in [0.15, 0.2) is 24.3 Å². The molecule has 0 saturated carbocycles. The molecule has 0 radical (unpaired) electrons. The van der Waals surface area contributed by atoms with Crippen molar-refractivity contribution in [3.63, 3.8) is 0 Å². The molecule has 0 bridgehead atoms. The van der Waals surface area contributed by atoms with E-state index in [0.29, 0.717) is 19.0 Å². The van der Waals surface area contributed by atoms with Crippen LogP contribution in [0.5, 0.6) is 0 Å². The van der Waals surface area contributed by atoms with E-state index in [1.807, 2.05) is 29.2 Å². The second kappa shape index (κ2) is 4.64. The predicted molar refractivity (Wildman–Crippen MR) is 73.3 cm³/mol. The molecule has 0 aliphatic carbocycles. The highest BCUT2D eigenvalue weighted by Gasteiger charge is 2.31. The fourth-order valence-electron chi connectivity index (χ4n) is 2.36. The van der Waals surface area contributed by atoms with Crippen molar-refractivity contribution in [1.29, 1.82) is 0 Å². The van der Waals surface area contributed by atoms with Crippen molar-refractivity contribution in [2.75, 3.05) is 30.4 Å². The number of hydrogen-bond donors (Lipinski definition) is 3. The Kier molecular flexibility index (Phi) is 2.96. The van der Waals surface area contributed by atoms with E-state index in [1.165, 1.54) is 0 Å². The molecule has 1 aliphatic heterocycles. The lowest BCUT2D eigenvalue weighted by Crippen LogP contribution is -2.23. The van der Waals surface area contributed by atoms with Crippen LogP contribution in [-0.4, -0.2) is 52.5 Å². The normalized spacial score (nSPS) is 23.0. The second-order valence-corrected chi connectivity index (χ2v) is 4.68. The summed E-state index contributed by atoms with van der Waals surface area (Å²) in [5.41, 5.74) is 0.840. The molecule has 6 nitrogen and oxygen atoms in total. The Balaban J connectivity index is 2.11. The Hall–Kier alpha value is -1.92. The summed E-state index contributed by atoms with van der Waals surface area (Å²) in [5, 5.41) is 23.2. The van der Waals surface area contributed by atoms with Gasteiger partial charge in [-0.05, 0) is 12.1 Å². The molecule has 1 aromatic heterocycles. The number of β-amino-alcohol motifs (C(OH)–C–C–N with tert-alkyl or cyclic N) is 2. The third kappa shape index (κ3) is 2.09. The van der Waals surface area contributed by atoms with Gasteiger partial charge in [-0.25, -0.2) is 4.98 Å². The molecular formula is C13H16N4O2. The number of hydrogen-bond acceptors (Lipinski definition) is 6. The third-order valence-corrected chi connectivity index (χ3v) is 3.37. The predicted octanol–water partition coefficient (Wildman–Crippen LogP) is 0.213. The molecule has 1 fully saturated rings. The molecule has 6 heteroatoms. The highest BCUT2D eigenvalue weighted by Crippen LogP contribution is 2.27. The maximum atomic E-state index is 9.68.